The molecular formula is C10H9F3N2O3. The highest BCUT2D eigenvalue weighted by Crippen LogP contribution is 2.29. The van der Waals surface area contributed by atoms with Crippen LogP contribution >= 0.6 is 0 Å². The SMILES string of the molecule is CC(=O)N(CC(=O)O)c1ccc(C(F)(F)F)cn1. The van der Waals surface area contributed by atoms with Gasteiger partial charge in [-0.1, -0.05) is 0 Å². The number of carboxylic acid groups (broad SMARTS) is 1. The highest BCUT2D eigenvalue weighted by molar-refractivity contribution is 5.94. The van der Waals surface area contributed by atoms with Crippen molar-refractivity contribution in [2.45, 2.75) is 13.1 Å². The van der Waals surface area contributed by atoms with Crippen LogP contribution in [0.25, 0.3) is 0 Å². The lowest BCUT2D eigenvalue weighted by Crippen LogP contribution is -2.34. The summed E-state index contributed by atoms with van der Waals surface area (Å²) in [7, 11) is 0. The molecule has 1 heterocycles. The van der Waals surface area contributed by atoms with Gasteiger partial charge in [-0.15, -0.1) is 0 Å². The second kappa shape index (κ2) is 5.03. The van der Waals surface area contributed by atoms with Crippen LogP contribution in [0.2, 0.25) is 0 Å². The number of halogens is 3. The van der Waals surface area contributed by atoms with E-state index in [2.05, 4.69) is 4.98 Å². The van der Waals surface area contributed by atoms with Crippen LogP contribution in [0, 0.1) is 0 Å². The fourth-order valence-corrected chi connectivity index (χ4v) is 1.20. The fraction of sp³-hybridized carbons (Fsp3) is 0.300. The molecule has 0 saturated heterocycles. The number of aromatic nitrogens is 1. The van der Waals surface area contributed by atoms with Crippen molar-refractivity contribution < 1.29 is 27.9 Å². The van der Waals surface area contributed by atoms with Crippen molar-refractivity contribution in [3.05, 3.63) is 23.9 Å². The summed E-state index contributed by atoms with van der Waals surface area (Å²) < 4.78 is 36.8. The van der Waals surface area contributed by atoms with Gasteiger partial charge < -0.3 is 5.11 Å². The lowest BCUT2D eigenvalue weighted by Gasteiger charge is -2.18. The van der Waals surface area contributed by atoms with Gasteiger partial charge in [0.1, 0.15) is 12.4 Å². The number of aliphatic carboxylic acids is 1. The van der Waals surface area contributed by atoms with Crippen molar-refractivity contribution in [2.75, 3.05) is 11.4 Å². The third-order valence-electron chi connectivity index (χ3n) is 2.03. The molecule has 1 aromatic rings. The first kappa shape index (κ1) is 13.9. The minimum absolute atomic E-state index is 0.141. The number of nitrogens with zero attached hydrogens (tertiary/aromatic N) is 2. The van der Waals surface area contributed by atoms with Crippen molar-refractivity contribution in [3.63, 3.8) is 0 Å². The van der Waals surface area contributed by atoms with Crippen LogP contribution in [-0.4, -0.2) is 28.5 Å². The number of rotatable bonds is 3. The molecule has 0 radical (unpaired) electrons. The summed E-state index contributed by atoms with van der Waals surface area (Å²) in [6.07, 6.45) is -3.98. The monoisotopic (exact) mass is 262 g/mol. The number of anilines is 1. The maximum absolute atomic E-state index is 12.3. The van der Waals surface area contributed by atoms with E-state index < -0.39 is 30.2 Å². The van der Waals surface area contributed by atoms with Crippen LogP contribution in [0.5, 0.6) is 0 Å². The third kappa shape index (κ3) is 3.44. The second-order valence-corrected chi connectivity index (χ2v) is 3.40. The highest BCUT2D eigenvalue weighted by atomic mass is 19.4. The third-order valence-corrected chi connectivity index (χ3v) is 2.03. The predicted molar refractivity (Wildman–Crippen MR) is 54.9 cm³/mol. The summed E-state index contributed by atoms with van der Waals surface area (Å²) in [6, 6.07) is 1.69. The molecule has 1 N–H and O–H groups in total. The molecule has 0 saturated carbocycles. The molecule has 0 aromatic carbocycles. The van der Waals surface area contributed by atoms with Gasteiger partial charge in [0.25, 0.3) is 0 Å². The van der Waals surface area contributed by atoms with Crippen LogP contribution in [0.1, 0.15) is 12.5 Å². The average Bonchev–Trinajstić information content (AvgIpc) is 2.24. The van der Waals surface area contributed by atoms with E-state index >= 15 is 0 Å². The van der Waals surface area contributed by atoms with Gasteiger partial charge >= 0.3 is 12.1 Å². The lowest BCUT2D eigenvalue weighted by atomic mass is 10.2. The maximum atomic E-state index is 12.3. The number of hydrogen-bond acceptors (Lipinski definition) is 3. The van der Waals surface area contributed by atoms with Gasteiger partial charge in [-0.3, -0.25) is 14.5 Å². The molecule has 0 bridgehead atoms. The van der Waals surface area contributed by atoms with Crippen LogP contribution < -0.4 is 4.90 Å². The Morgan fingerprint density at radius 1 is 1.39 bits per heavy atom. The molecule has 0 unspecified atom stereocenters. The number of carboxylic acids is 1. The summed E-state index contributed by atoms with van der Waals surface area (Å²) in [4.78, 5) is 25.9. The van der Waals surface area contributed by atoms with Crippen LogP contribution in [0.15, 0.2) is 18.3 Å². The van der Waals surface area contributed by atoms with Gasteiger partial charge in [-0.25, -0.2) is 4.98 Å². The zero-order valence-electron chi connectivity index (χ0n) is 9.23. The molecule has 98 valence electrons. The zero-order valence-corrected chi connectivity index (χ0v) is 9.23. The molecule has 0 fully saturated rings. The van der Waals surface area contributed by atoms with Crippen molar-refractivity contribution >= 4 is 17.7 Å². The van der Waals surface area contributed by atoms with Gasteiger partial charge in [-0.2, -0.15) is 13.2 Å². The van der Waals surface area contributed by atoms with E-state index in [0.29, 0.717) is 6.20 Å². The molecule has 1 amide bonds. The van der Waals surface area contributed by atoms with E-state index in [0.717, 1.165) is 24.0 Å². The number of pyridine rings is 1. The average molecular weight is 262 g/mol. The van der Waals surface area contributed by atoms with Crippen molar-refractivity contribution in [1.29, 1.82) is 0 Å². The topological polar surface area (TPSA) is 70.5 Å². The molecule has 0 atom stereocenters. The number of carbonyl (C=O) groups excluding carboxylic acids is 1. The lowest BCUT2D eigenvalue weighted by molar-refractivity contribution is -0.138. The smallest absolute Gasteiger partial charge is 0.417 e. The molecule has 0 aliphatic heterocycles. The fourth-order valence-electron chi connectivity index (χ4n) is 1.20. The molecule has 0 spiro atoms. The largest absolute Gasteiger partial charge is 0.480 e. The Morgan fingerprint density at radius 2 is 2.00 bits per heavy atom. The number of carbonyl (C=O) groups is 2. The molecule has 1 aromatic heterocycles. The van der Waals surface area contributed by atoms with E-state index in [-0.39, 0.29) is 5.82 Å². The first-order chi connectivity index (χ1) is 8.21. The van der Waals surface area contributed by atoms with E-state index in [9.17, 15) is 22.8 Å². The summed E-state index contributed by atoms with van der Waals surface area (Å²) in [5.41, 5.74) is -0.968. The Bertz CT molecular complexity index is 456. The number of amides is 1. The minimum atomic E-state index is -4.53. The van der Waals surface area contributed by atoms with Crippen LogP contribution in [0.4, 0.5) is 19.0 Å². The molecule has 0 aliphatic carbocycles. The zero-order chi connectivity index (χ0) is 13.9. The summed E-state index contributed by atoms with van der Waals surface area (Å²) >= 11 is 0. The molecular weight excluding hydrogens is 253 g/mol. The van der Waals surface area contributed by atoms with E-state index in [1.807, 2.05) is 0 Å². The highest BCUT2D eigenvalue weighted by Gasteiger charge is 2.31. The van der Waals surface area contributed by atoms with Crippen LogP contribution in [0.3, 0.4) is 0 Å². The van der Waals surface area contributed by atoms with Crippen molar-refractivity contribution in [1.82, 2.24) is 4.98 Å². The Morgan fingerprint density at radius 3 is 2.33 bits per heavy atom. The maximum Gasteiger partial charge on any atom is 0.417 e. The normalized spacial score (nSPS) is 11.1. The Balaban J connectivity index is 3.01. The summed E-state index contributed by atoms with van der Waals surface area (Å²) in [5.74, 6) is -2.05. The minimum Gasteiger partial charge on any atom is -0.480 e. The molecule has 5 nitrogen and oxygen atoms in total. The molecule has 8 heteroatoms. The summed E-state index contributed by atoms with van der Waals surface area (Å²) in [5, 5.41) is 8.58. The number of hydrogen-bond donors (Lipinski definition) is 1. The number of alkyl halides is 3. The second-order valence-electron chi connectivity index (χ2n) is 3.40. The van der Waals surface area contributed by atoms with E-state index in [4.69, 9.17) is 5.11 Å². The first-order valence-corrected chi connectivity index (χ1v) is 4.75. The Hall–Kier alpha value is -2.12. The molecule has 1 rings (SSSR count). The van der Waals surface area contributed by atoms with E-state index in [1.54, 1.807) is 0 Å². The van der Waals surface area contributed by atoms with Gasteiger partial charge in [0, 0.05) is 13.1 Å². The Kier molecular flexibility index (Phi) is 3.89. The van der Waals surface area contributed by atoms with Gasteiger partial charge in [-0.05, 0) is 12.1 Å². The van der Waals surface area contributed by atoms with Gasteiger partial charge in [0.05, 0.1) is 5.56 Å². The standard InChI is InChI=1S/C10H9F3N2O3/c1-6(16)15(5-9(17)18)8-3-2-7(4-14-8)10(11,12)13/h2-4H,5H2,1H3,(H,17,18). The van der Waals surface area contributed by atoms with Crippen molar-refractivity contribution in [2.24, 2.45) is 0 Å². The Labute approximate surface area is 99.8 Å². The van der Waals surface area contributed by atoms with Gasteiger partial charge in [0.15, 0.2) is 0 Å². The quantitative estimate of drug-likeness (QED) is 0.896. The molecule has 0 aliphatic rings. The predicted octanol–water partition coefficient (Wildman–Crippen LogP) is 1.54. The van der Waals surface area contributed by atoms with E-state index in [1.165, 1.54) is 0 Å². The first-order valence-electron chi connectivity index (χ1n) is 4.75. The van der Waals surface area contributed by atoms with Gasteiger partial charge in [0.2, 0.25) is 5.91 Å². The van der Waals surface area contributed by atoms with Crippen molar-refractivity contribution in [3.8, 4) is 0 Å². The van der Waals surface area contributed by atoms with Crippen LogP contribution in [-0.2, 0) is 15.8 Å². The summed E-state index contributed by atoms with van der Waals surface area (Å²) in [6.45, 7) is 0.440. The molecule has 18 heavy (non-hydrogen) atoms.